The molecule has 15 aromatic rings. The van der Waals surface area contributed by atoms with Crippen LogP contribution in [0.4, 0.5) is 11.6 Å². The number of halogens is 1. The van der Waals surface area contributed by atoms with Crippen molar-refractivity contribution in [3.8, 4) is 85.2 Å². The first-order chi connectivity index (χ1) is 52.4. The number of hydrogen-bond acceptors (Lipinski definition) is 16. The minimum absolute atomic E-state index is 0.0389. The maximum atomic E-state index is 12.0. The van der Waals surface area contributed by atoms with Crippen molar-refractivity contribution in [1.82, 2.24) is 34.3 Å². The first kappa shape index (κ1) is 78.0. The lowest BCUT2D eigenvalue weighted by Gasteiger charge is -2.36. The SMILES string of the molecule is CCOC(C)C(=O)Cc1ccc(O[Si](C)(C)C(C)(C)C)cc1.Cc1ccc(-c2cnc(N)c(-c3cccc4ccccc34)n2)cc1.Cc1ccc(-c2cnc(N)c(Br)n2)cc1.O[B]Oc1cccc2ccccc12.Oc1ccc(Cc2nc3c(-c4cccc5ccccc45)nc(-c4ccc(O)cc4)cn3c2O)cc1. The number of aromatic hydroxyl groups is 3. The highest BCUT2D eigenvalue weighted by Crippen LogP contribution is 2.39. The molecule has 1 atom stereocenters. The molecule has 109 heavy (non-hydrogen) atoms. The summed E-state index contributed by atoms with van der Waals surface area (Å²) in [5, 5.41) is 45.7. The zero-order valence-corrected chi connectivity index (χ0v) is 64.9. The second kappa shape index (κ2) is 35.6. The molecule has 11 aromatic carbocycles. The number of aromatic nitrogens is 7. The summed E-state index contributed by atoms with van der Waals surface area (Å²) in [5.41, 5.74) is 25.6. The van der Waals surface area contributed by atoms with E-state index in [1.165, 1.54) is 11.1 Å². The smallest absolute Gasteiger partial charge is 0.544 e. The van der Waals surface area contributed by atoms with Crippen molar-refractivity contribution in [2.75, 3.05) is 18.1 Å². The summed E-state index contributed by atoms with van der Waals surface area (Å²) in [5.74, 6) is 2.92. The molecule has 17 nitrogen and oxygen atoms in total. The van der Waals surface area contributed by atoms with Gasteiger partial charge in [-0.05, 0) is 154 Å². The van der Waals surface area contributed by atoms with Crippen LogP contribution in [0.25, 0.3) is 94.3 Å². The highest BCUT2D eigenvalue weighted by molar-refractivity contribution is 9.10. The fourth-order valence-corrected chi connectivity index (χ4v) is 13.0. The van der Waals surface area contributed by atoms with E-state index in [4.69, 9.17) is 45.3 Å². The quantitative estimate of drug-likeness (QED) is 0.0491. The van der Waals surface area contributed by atoms with Crippen LogP contribution in [0.3, 0.4) is 0 Å². The van der Waals surface area contributed by atoms with Gasteiger partial charge in [-0.25, -0.2) is 29.9 Å². The number of ether oxygens (including phenoxy) is 1. The van der Waals surface area contributed by atoms with Crippen LogP contribution >= 0.6 is 15.9 Å². The van der Waals surface area contributed by atoms with E-state index in [0.29, 0.717) is 71.9 Å². The summed E-state index contributed by atoms with van der Waals surface area (Å²) in [7, 11) is -1.11. The van der Waals surface area contributed by atoms with Gasteiger partial charge in [-0.2, -0.15) is 0 Å². The molecule has 0 spiro atoms. The topological polar surface area (TPSA) is 259 Å². The molecule has 20 heteroatoms. The van der Waals surface area contributed by atoms with Crippen LogP contribution in [0.1, 0.15) is 62.6 Å². The van der Waals surface area contributed by atoms with E-state index in [9.17, 15) is 20.1 Å². The van der Waals surface area contributed by atoms with Crippen LogP contribution < -0.4 is 20.5 Å². The summed E-state index contributed by atoms with van der Waals surface area (Å²) < 4.78 is 18.8. The molecular formula is C89H86BBrN9O8Si. The van der Waals surface area contributed by atoms with Gasteiger partial charge >= 0.3 is 7.69 Å². The van der Waals surface area contributed by atoms with Gasteiger partial charge in [-0.1, -0.05) is 226 Å². The number of carbonyl (C=O) groups excluding carboxylic acids is 1. The standard InChI is InChI=1S/C29H21N3O3.C21H17N3.C18H30O3Si.C11H10BrN3.C10H8BO2/c33-21-12-8-18(9-13-21)16-25-29(35)32-17-26(20-10-14-22(34)15-11-20)30-27(28(32)31-25)24-7-3-5-19-4-1-2-6-23(19)24;1-14-9-11-16(12-10-14)19-13-23-21(22)20(24-19)18-8-4-6-15-5-2-3-7-17(15)18;1-8-20-14(2)17(19)13-15-9-11-16(12-10-15)21-22(6,7)18(3,4)5;1-7-2-4-8(5-3-7)9-6-14-11(13)10(12)15-9;12-11-13-10-7-3-5-8-4-1-2-6-9(8)10/h1-15,17,33-35H,16H2;2-13H,1H3,(H2,22,23);9-12,14H,8,13H2,1-7H3;2-6H,1H3,(H2,13,14);1-7,12H. The number of benzene rings is 11. The molecule has 1 radical (unpaired) electrons. The zero-order valence-electron chi connectivity index (χ0n) is 62.3. The minimum Gasteiger partial charge on any atom is -0.544 e. The third-order valence-corrected chi connectivity index (χ3v) is 23.7. The Bertz CT molecular complexity index is 5600. The third-order valence-electron chi connectivity index (χ3n) is 18.7. The highest BCUT2D eigenvalue weighted by Gasteiger charge is 2.39. The van der Waals surface area contributed by atoms with E-state index in [0.717, 1.165) is 94.1 Å². The van der Waals surface area contributed by atoms with Gasteiger partial charge in [0.2, 0.25) is 14.2 Å². The Morgan fingerprint density at radius 2 is 1.01 bits per heavy atom. The molecule has 4 aromatic heterocycles. The lowest BCUT2D eigenvalue weighted by atomic mass is 10.0. The summed E-state index contributed by atoms with van der Waals surface area (Å²) in [6.07, 6.45) is 5.63. The lowest BCUT2D eigenvalue weighted by Crippen LogP contribution is -2.43. The molecule has 8 N–H and O–H groups in total. The Morgan fingerprint density at radius 1 is 0.550 bits per heavy atom. The summed E-state index contributed by atoms with van der Waals surface area (Å²) in [6.45, 7) is 19.5. The molecule has 0 aliphatic rings. The normalized spacial score (nSPS) is 11.4. The third kappa shape index (κ3) is 19.8. The number of nitrogens with zero attached hydrogens (tertiary/aromatic N) is 7. The average molecular weight is 1530 g/mol. The van der Waals surface area contributed by atoms with Crippen LogP contribution in [-0.4, -0.2) is 89.1 Å². The molecule has 0 bridgehead atoms. The number of fused-ring (bicyclic) bond motifs is 4. The first-order valence-electron chi connectivity index (χ1n) is 35.7. The second-order valence-electron chi connectivity index (χ2n) is 27.6. The number of carbonyl (C=O) groups is 1. The largest absolute Gasteiger partial charge is 0.569 e. The maximum Gasteiger partial charge on any atom is 0.569 e. The minimum atomic E-state index is -1.81. The van der Waals surface area contributed by atoms with Gasteiger partial charge in [0.1, 0.15) is 56.6 Å². The number of nitrogens with two attached hydrogens (primary N) is 2. The molecule has 0 saturated carbocycles. The Kier molecular flexibility index (Phi) is 25.4. The molecule has 0 fully saturated rings. The van der Waals surface area contributed by atoms with Crippen LogP contribution in [0, 0.1) is 13.8 Å². The summed E-state index contributed by atoms with van der Waals surface area (Å²) in [4.78, 5) is 39.3. The van der Waals surface area contributed by atoms with Crippen molar-refractivity contribution in [2.45, 2.75) is 85.5 Å². The van der Waals surface area contributed by atoms with Gasteiger partial charge in [0.15, 0.2) is 17.2 Å². The van der Waals surface area contributed by atoms with Gasteiger partial charge < -0.3 is 45.6 Å². The highest BCUT2D eigenvalue weighted by atomic mass is 79.9. The molecule has 0 aliphatic carbocycles. The number of aryl methyl sites for hydroxylation is 2. The van der Waals surface area contributed by atoms with Crippen molar-refractivity contribution in [1.29, 1.82) is 0 Å². The van der Waals surface area contributed by atoms with Crippen LogP contribution in [0.15, 0.2) is 272 Å². The molecule has 15 rings (SSSR count). The Balaban J connectivity index is 0.000000142. The molecule has 0 saturated heterocycles. The van der Waals surface area contributed by atoms with Crippen molar-refractivity contribution in [3.63, 3.8) is 0 Å². The van der Waals surface area contributed by atoms with Gasteiger partial charge in [0.05, 0.1) is 29.5 Å². The van der Waals surface area contributed by atoms with Crippen LogP contribution in [0.5, 0.6) is 28.9 Å². The zero-order chi connectivity index (χ0) is 77.4. The molecule has 0 aliphatic heterocycles. The van der Waals surface area contributed by atoms with E-state index < -0.39 is 8.32 Å². The second-order valence-corrected chi connectivity index (χ2v) is 33.1. The van der Waals surface area contributed by atoms with Gasteiger partial charge in [-0.3, -0.25) is 9.20 Å². The predicted octanol–water partition coefficient (Wildman–Crippen LogP) is 19.9. The summed E-state index contributed by atoms with van der Waals surface area (Å²) >= 11 is 3.26. The van der Waals surface area contributed by atoms with E-state index >= 15 is 0 Å². The number of anilines is 2. The molecule has 549 valence electrons. The molecule has 0 amide bonds. The number of rotatable bonds is 16. The predicted molar refractivity (Wildman–Crippen MR) is 446 cm³/mol. The number of phenols is 2. The van der Waals surface area contributed by atoms with E-state index in [2.05, 4.69) is 132 Å². The van der Waals surface area contributed by atoms with E-state index in [1.54, 1.807) is 66.3 Å². The lowest BCUT2D eigenvalue weighted by molar-refractivity contribution is -0.128. The maximum absolute atomic E-state index is 12.0. The fraction of sp³-hybridized carbons (Fsp3) is 0.157. The van der Waals surface area contributed by atoms with Crippen molar-refractivity contribution in [2.24, 2.45) is 0 Å². The molecular weight excluding hydrogens is 1440 g/mol. The molecule has 1 unspecified atom stereocenters. The van der Waals surface area contributed by atoms with E-state index in [-0.39, 0.29) is 34.3 Å². The molecule has 4 heterocycles. The van der Waals surface area contributed by atoms with Crippen molar-refractivity contribution < 1.29 is 39.0 Å². The van der Waals surface area contributed by atoms with Crippen molar-refractivity contribution >= 4 is 87.3 Å². The number of phenolic OH excluding ortho intramolecular Hbond substituents is 2. The number of nitrogen functional groups attached to an aromatic ring is 2. The summed E-state index contributed by atoms with van der Waals surface area (Å²) in [6, 6.07) is 80.0. The van der Waals surface area contributed by atoms with Gasteiger partial charge in [0.25, 0.3) is 0 Å². The Hall–Kier alpha value is -12.1. The monoisotopic (exact) mass is 1530 g/mol. The van der Waals surface area contributed by atoms with Crippen molar-refractivity contribution in [3.05, 3.63) is 300 Å². The average Bonchev–Trinajstić information content (AvgIpc) is 1.64. The van der Waals surface area contributed by atoms with Gasteiger partial charge in [0, 0.05) is 58.8 Å². The number of hydrogen-bond donors (Lipinski definition) is 6. The Morgan fingerprint density at radius 3 is 1.55 bits per heavy atom. The first-order valence-corrected chi connectivity index (χ1v) is 39.4. The number of imidazole rings is 1. The Labute approximate surface area is 645 Å². The van der Waals surface area contributed by atoms with E-state index in [1.807, 2.05) is 166 Å². The van der Waals surface area contributed by atoms with Crippen LogP contribution in [-0.2, 0) is 22.4 Å². The van der Waals surface area contributed by atoms with Gasteiger partial charge in [-0.15, -0.1) is 0 Å². The number of ketones is 1. The fourth-order valence-electron chi connectivity index (χ4n) is 11.7. The van der Waals surface area contributed by atoms with Crippen LogP contribution in [0.2, 0.25) is 18.1 Å². The number of Topliss-reactive ketones (excluding diaryl/α,β-unsaturated/α-hetero) is 1.